The van der Waals surface area contributed by atoms with E-state index in [1.165, 1.54) is 57.1 Å². The largest absolute Gasteiger partial charge is 0.461 e. The molecule has 0 spiro atoms. The molecular weight excluding hydrogens is 1120 g/mol. The topological polar surface area (TPSA) is 297 Å². The highest BCUT2D eigenvalue weighted by molar-refractivity contribution is 8.13. The number of esters is 2. The zero-order chi connectivity index (χ0) is 63.1. The molecule has 21 heteroatoms. The van der Waals surface area contributed by atoms with Gasteiger partial charge in [0.15, 0.2) is 5.12 Å². The van der Waals surface area contributed by atoms with E-state index in [4.69, 9.17) is 19.9 Å². The molecule has 0 aliphatic rings. The molecule has 0 aliphatic carbocycles. The summed E-state index contributed by atoms with van der Waals surface area (Å²) in [5.74, 6) is -8.08. The summed E-state index contributed by atoms with van der Waals surface area (Å²) in [7, 11) is 0. The SMILES string of the molecule is C=CCOC(=O)C[C@H](NC(=O)[C@H](CSC(=O)CCCCCCCCCCCCCCC)NC(=O)[C@H](Cc1ccccc1)NC(=O)[C@H](CC(N)=O)NC(=O)[C@H](Cc1ccccc1)NC(=O)OC(C)(C)C)C(=O)N[C@@H](Cc1ccccc1)C(=O)OCC=C. The summed E-state index contributed by atoms with van der Waals surface area (Å²) in [4.78, 5) is 138. The Morgan fingerprint density at radius 1 is 0.488 bits per heavy atom. The van der Waals surface area contributed by atoms with Crippen LogP contribution in [0.4, 0.5) is 4.79 Å². The third-order valence-corrected chi connectivity index (χ3v) is 14.4. The van der Waals surface area contributed by atoms with E-state index in [0.29, 0.717) is 23.1 Å². The van der Waals surface area contributed by atoms with Crippen molar-refractivity contribution in [2.75, 3.05) is 19.0 Å². The Labute approximate surface area is 511 Å². The van der Waals surface area contributed by atoms with Gasteiger partial charge in [0.1, 0.15) is 55.1 Å². The first-order valence-corrected chi connectivity index (χ1v) is 30.8. The first-order chi connectivity index (χ1) is 41.2. The summed E-state index contributed by atoms with van der Waals surface area (Å²) >= 11 is 0.769. The van der Waals surface area contributed by atoms with Crippen molar-refractivity contribution in [1.29, 1.82) is 0 Å². The van der Waals surface area contributed by atoms with Gasteiger partial charge in [0.2, 0.25) is 35.4 Å². The average molecular weight is 1210 g/mol. The molecule has 0 heterocycles. The summed E-state index contributed by atoms with van der Waals surface area (Å²) in [5.41, 5.74) is 6.49. The van der Waals surface area contributed by atoms with Crippen LogP contribution in [-0.4, -0.2) is 119 Å². The zero-order valence-corrected chi connectivity index (χ0v) is 51.4. The molecule has 3 aromatic carbocycles. The van der Waals surface area contributed by atoms with Crippen LogP contribution < -0.4 is 37.6 Å². The number of nitrogens with one attached hydrogen (secondary N) is 6. The van der Waals surface area contributed by atoms with Gasteiger partial charge >= 0.3 is 18.0 Å². The monoisotopic (exact) mass is 1210 g/mol. The Morgan fingerprint density at radius 2 is 0.860 bits per heavy atom. The van der Waals surface area contributed by atoms with E-state index < -0.39 is 108 Å². The van der Waals surface area contributed by atoms with Crippen LogP contribution in [0.3, 0.4) is 0 Å². The average Bonchev–Trinajstić information content (AvgIpc) is 3.69. The fourth-order valence-electron chi connectivity index (χ4n) is 8.93. The van der Waals surface area contributed by atoms with Gasteiger partial charge in [0.25, 0.3) is 0 Å². The molecule has 8 N–H and O–H groups in total. The molecule has 6 atom stereocenters. The van der Waals surface area contributed by atoms with Crippen molar-refractivity contribution in [3.05, 3.63) is 133 Å². The summed E-state index contributed by atoms with van der Waals surface area (Å²) in [6.07, 6.45) is 14.5. The Morgan fingerprint density at radius 3 is 1.31 bits per heavy atom. The number of primary amides is 1. The van der Waals surface area contributed by atoms with Gasteiger partial charge in [-0.3, -0.25) is 38.4 Å². The quantitative estimate of drug-likeness (QED) is 0.0125. The van der Waals surface area contributed by atoms with Crippen molar-refractivity contribution < 1.29 is 62.2 Å². The second-order valence-electron chi connectivity index (χ2n) is 22.0. The third-order valence-electron chi connectivity index (χ3n) is 13.4. The van der Waals surface area contributed by atoms with Crippen molar-refractivity contribution in [3.63, 3.8) is 0 Å². The summed E-state index contributed by atoms with van der Waals surface area (Å²) in [6.45, 7) is 13.8. The molecule has 0 bridgehead atoms. The molecule has 0 saturated heterocycles. The molecule has 3 aromatic rings. The minimum atomic E-state index is -1.73. The number of hydrogen-bond acceptors (Lipinski definition) is 14. The first kappa shape index (κ1) is 72.4. The van der Waals surface area contributed by atoms with Crippen LogP contribution in [-0.2, 0) is 76.6 Å². The van der Waals surface area contributed by atoms with Gasteiger partial charge in [-0.2, -0.15) is 0 Å². The van der Waals surface area contributed by atoms with E-state index in [2.05, 4.69) is 52.0 Å². The van der Waals surface area contributed by atoms with Crippen molar-refractivity contribution in [3.8, 4) is 0 Å². The number of rotatable bonds is 42. The molecule has 20 nitrogen and oxygen atoms in total. The molecule has 0 radical (unpaired) electrons. The van der Waals surface area contributed by atoms with Crippen LogP contribution in [0.25, 0.3) is 0 Å². The summed E-state index contributed by atoms with van der Waals surface area (Å²) in [6, 6.07) is 16.6. The second kappa shape index (κ2) is 41.3. The fourth-order valence-corrected chi connectivity index (χ4v) is 9.81. The van der Waals surface area contributed by atoms with Gasteiger partial charge in [0.05, 0.1) is 12.8 Å². The predicted molar refractivity (Wildman–Crippen MR) is 332 cm³/mol. The standard InChI is InChI=1S/C65H91N7O13S/c1-7-10-11-12-13-14-15-16-17-18-19-20-30-37-57(75)86-45-54(62(80)69-52(44-56(74)83-38-8-2)61(79)70-53(63(81)84-39-9-3)42-48-35-28-23-29-36-48)71-58(76)49(40-46-31-24-21-25-32-46)67-60(78)51(43-55(66)73)68-59(77)50(41-47-33-26-22-27-34-47)72-64(82)85-65(4,5)6/h8-9,21-29,31-36,49-54H,2-3,7,10-20,30,37-45H2,1,4-6H3,(H2,66,73)(H,67,78)(H,68,77)(H,69,80)(H,70,79)(H,71,76)(H,72,82)/t49-,50-,51-,52-,53-,54-/m0/s1. The van der Waals surface area contributed by atoms with E-state index in [9.17, 15) is 47.9 Å². The minimum Gasteiger partial charge on any atom is -0.461 e. The molecule has 0 saturated carbocycles. The molecule has 0 aromatic heterocycles. The van der Waals surface area contributed by atoms with Crippen molar-refractivity contribution in [1.82, 2.24) is 31.9 Å². The van der Waals surface area contributed by atoms with Crippen LogP contribution >= 0.6 is 11.8 Å². The van der Waals surface area contributed by atoms with Gasteiger partial charge in [-0.05, 0) is 43.9 Å². The molecule has 0 fully saturated rings. The maximum absolute atomic E-state index is 14.8. The summed E-state index contributed by atoms with van der Waals surface area (Å²) in [5, 5.41) is 15.2. The van der Waals surface area contributed by atoms with Crippen molar-refractivity contribution >= 4 is 70.4 Å². The number of amides is 7. The number of ether oxygens (including phenoxy) is 3. The molecule has 86 heavy (non-hydrogen) atoms. The van der Waals surface area contributed by atoms with Crippen LogP contribution in [0.2, 0.25) is 0 Å². The van der Waals surface area contributed by atoms with Crippen LogP contribution in [0.15, 0.2) is 116 Å². The van der Waals surface area contributed by atoms with Crippen LogP contribution in [0, 0.1) is 0 Å². The van der Waals surface area contributed by atoms with Crippen LogP contribution in [0.5, 0.6) is 0 Å². The molecular formula is C65H91N7O13S. The lowest BCUT2D eigenvalue weighted by molar-refractivity contribution is -0.148. The highest BCUT2D eigenvalue weighted by Crippen LogP contribution is 2.18. The number of carbonyl (C=O) groups is 10. The van der Waals surface area contributed by atoms with Crippen LogP contribution in [0.1, 0.15) is 147 Å². The predicted octanol–water partition coefficient (Wildman–Crippen LogP) is 7.50. The van der Waals surface area contributed by atoms with Gasteiger partial charge in [0, 0.05) is 31.4 Å². The van der Waals surface area contributed by atoms with E-state index in [1.807, 2.05) is 0 Å². The smallest absolute Gasteiger partial charge is 0.408 e. The second-order valence-corrected chi connectivity index (χ2v) is 23.1. The zero-order valence-electron chi connectivity index (χ0n) is 50.5. The Kier molecular flexibility index (Phi) is 34.8. The number of alkyl carbamates (subject to hydrolysis) is 1. The molecule has 0 unspecified atom stereocenters. The maximum atomic E-state index is 14.8. The highest BCUT2D eigenvalue weighted by atomic mass is 32.2. The third kappa shape index (κ3) is 31.4. The number of thioether (sulfide) groups is 1. The number of benzene rings is 3. The number of unbranched alkanes of at least 4 members (excludes halogenated alkanes) is 12. The normalized spacial score (nSPS) is 13.1. The van der Waals surface area contributed by atoms with Crippen molar-refractivity contribution in [2.45, 2.75) is 192 Å². The van der Waals surface area contributed by atoms with E-state index in [0.717, 1.165) is 43.9 Å². The number of nitrogens with two attached hydrogens (primary N) is 1. The van der Waals surface area contributed by atoms with E-state index >= 15 is 0 Å². The highest BCUT2D eigenvalue weighted by Gasteiger charge is 2.36. The van der Waals surface area contributed by atoms with Gasteiger partial charge in [-0.25, -0.2) is 9.59 Å². The van der Waals surface area contributed by atoms with Gasteiger partial charge in [-0.1, -0.05) is 212 Å². The lowest BCUT2D eigenvalue weighted by atomic mass is 10.0. The molecule has 0 aliphatic heterocycles. The lowest BCUT2D eigenvalue weighted by Gasteiger charge is -2.27. The summed E-state index contributed by atoms with van der Waals surface area (Å²) < 4.78 is 15.9. The van der Waals surface area contributed by atoms with E-state index in [1.54, 1.807) is 112 Å². The minimum absolute atomic E-state index is 0.0451. The maximum Gasteiger partial charge on any atom is 0.408 e. The van der Waals surface area contributed by atoms with Crippen molar-refractivity contribution in [2.24, 2.45) is 5.73 Å². The van der Waals surface area contributed by atoms with Gasteiger partial charge in [-0.15, -0.1) is 0 Å². The van der Waals surface area contributed by atoms with Gasteiger partial charge < -0.3 is 51.8 Å². The first-order valence-electron chi connectivity index (χ1n) is 29.8. The molecule has 470 valence electrons. The molecule has 7 amide bonds. The van der Waals surface area contributed by atoms with E-state index in [-0.39, 0.29) is 49.8 Å². The fraction of sp³-hybridized carbons (Fsp3) is 0.508. The number of carbonyl (C=O) groups excluding carboxylic acids is 10. The number of hydrogen-bond donors (Lipinski definition) is 7. The Hall–Kier alpha value is -7.81. The Balaban J connectivity index is 1.97. The lowest BCUT2D eigenvalue weighted by Crippen LogP contribution is -2.61. The molecule has 3 rings (SSSR count). The Bertz CT molecular complexity index is 2620.